The van der Waals surface area contributed by atoms with E-state index in [-0.39, 0.29) is 22.7 Å². The lowest BCUT2D eigenvalue weighted by molar-refractivity contribution is 0.0900. The molecule has 1 heterocycles. The van der Waals surface area contributed by atoms with Crippen molar-refractivity contribution in [2.45, 2.75) is 0 Å². The van der Waals surface area contributed by atoms with E-state index in [0.717, 1.165) is 5.56 Å². The fourth-order valence-electron chi connectivity index (χ4n) is 2.27. The Bertz CT molecular complexity index is 779. The van der Waals surface area contributed by atoms with Crippen molar-refractivity contribution in [1.29, 1.82) is 0 Å². The highest BCUT2D eigenvalue weighted by atomic mass is 16.5. The van der Waals surface area contributed by atoms with E-state index in [0.29, 0.717) is 5.69 Å². The summed E-state index contributed by atoms with van der Waals surface area (Å²) in [5, 5.41) is 0. The molecule has 0 saturated carbocycles. The molecule has 21 heavy (non-hydrogen) atoms. The van der Waals surface area contributed by atoms with Gasteiger partial charge in [0.1, 0.15) is 11.4 Å². The van der Waals surface area contributed by atoms with Crippen LogP contribution in [0.5, 0.6) is 0 Å². The van der Waals surface area contributed by atoms with Crippen LogP contribution in [0.15, 0.2) is 53.9 Å². The normalized spacial score (nSPS) is 14.1. The van der Waals surface area contributed by atoms with Crippen LogP contribution in [0.25, 0.3) is 11.3 Å². The number of carbonyl (C=O) groups excluding carboxylic acids is 2. The number of allylic oxidation sites excluding steroid dienone is 2. The lowest BCUT2D eigenvalue weighted by Gasteiger charge is -2.17. The van der Waals surface area contributed by atoms with Gasteiger partial charge in [0.25, 0.3) is 0 Å². The Labute approximate surface area is 121 Å². The zero-order chi connectivity index (χ0) is 15.0. The van der Waals surface area contributed by atoms with Crippen LogP contribution in [-0.4, -0.2) is 23.7 Å². The summed E-state index contributed by atoms with van der Waals surface area (Å²) in [6, 6.07) is 12.7. The molecule has 1 aliphatic rings. The largest absolute Gasteiger partial charge is 0.491 e. The SMILES string of the molecule is COC1=C(N)C(=O)c2ccc(-c3ccccc3)nc2C1=O. The number of fused-ring (bicyclic) bond motifs is 1. The molecule has 104 valence electrons. The molecule has 0 radical (unpaired) electrons. The molecule has 0 fully saturated rings. The van der Waals surface area contributed by atoms with Crippen LogP contribution in [0.3, 0.4) is 0 Å². The minimum atomic E-state index is -0.470. The molecular formula is C16H12N2O3. The number of benzene rings is 1. The first-order chi connectivity index (χ1) is 10.1. The third-order valence-corrected chi connectivity index (χ3v) is 3.32. The summed E-state index contributed by atoms with van der Waals surface area (Å²) in [5.74, 6) is -1.05. The second-order valence-electron chi connectivity index (χ2n) is 4.56. The van der Waals surface area contributed by atoms with Gasteiger partial charge in [0.15, 0.2) is 5.76 Å². The summed E-state index contributed by atoms with van der Waals surface area (Å²) >= 11 is 0. The second-order valence-corrected chi connectivity index (χ2v) is 4.56. The molecule has 2 N–H and O–H groups in total. The predicted molar refractivity (Wildman–Crippen MR) is 76.6 cm³/mol. The monoisotopic (exact) mass is 280 g/mol. The summed E-state index contributed by atoms with van der Waals surface area (Å²) in [5.41, 5.74) is 7.23. The Morgan fingerprint density at radius 1 is 1.00 bits per heavy atom. The van der Waals surface area contributed by atoms with E-state index in [4.69, 9.17) is 10.5 Å². The Morgan fingerprint density at radius 3 is 2.38 bits per heavy atom. The quantitative estimate of drug-likeness (QED) is 0.909. The third kappa shape index (κ3) is 1.99. The number of ether oxygens (including phenoxy) is 1. The summed E-state index contributed by atoms with van der Waals surface area (Å²) in [4.78, 5) is 28.7. The molecule has 5 nitrogen and oxygen atoms in total. The highest BCUT2D eigenvalue weighted by Gasteiger charge is 2.33. The van der Waals surface area contributed by atoms with Gasteiger partial charge in [-0.25, -0.2) is 4.98 Å². The average Bonchev–Trinajstić information content (AvgIpc) is 2.54. The number of carbonyl (C=O) groups is 2. The van der Waals surface area contributed by atoms with Gasteiger partial charge >= 0.3 is 0 Å². The number of nitrogens with zero attached hydrogens (tertiary/aromatic N) is 1. The van der Waals surface area contributed by atoms with E-state index in [1.807, 2.05) is 30.3 Å². The van der Waals surface area contributed by atoms with Gasteiger partial charge in [-0.1, -0.05) is 30.3 Å². The number of hydrogen-bond donors (Lipinski definition) is 1. The molecule has 0 unspecified atom stereocenters. The molecule has 3 rings (SSSR count). The summed E-state index contributed by atoms with van der Waals surface area (Å²) in [6.45, 7) is 0. The maximum Gasteiger partial charge on any atom is 0.248 e. The van der Waals surface area contributed by atoms with Gasteiger partial charge in [0, 0.05) is 5.56 Å². The highest BCUT2D eigenvalue weighted by Crippen LogP contribution is 2.26. The van der Waals surface area contributed by atoms with Crippen molar-refractivity contribution in [3.8, 4) is 11.3 Å². The van der Waals surface area contributed by atoms with Gasteiger partial charge in [-0.3, -0.25) is 9.59 Å². The van der Waals surface area contributed by atoms with Crippen LogP contribution in [-0.2, 0) is 4.74 Å². The van der Waals surface area contributed by atoms with Gasteiger partial charge < -0.3 is 10.5 Å². The van der Waals surface area contributed by atoms with Crippen LogP contribution in [0.4, 0.5) is 0 Å². The minimum absolute atomic E-state index is 0.0763. The molecular weight excluding hydrogens is 268 g/mol. The molecule has 0 aliphatic heterocycles. The third-order valence-electron chi connectivity index (χ3n) is 3.32. The number of ketones is 2. The molecule has 0 saturated heterocycles. The van der Waals surface area contributed by atoms with Gasteiger partial charge in [0.05, 0.1) is 18.4 Å². The first kappa shape index (κ1) is 13.1. The number of aromatic nitrogens is 1. The highest BCUT2D eigenvalue weighted by molar-refractivity contribution is 6.25. The van der Waals surface area contributed by atoms with E-state index in [1.54, 1.807) is 12.1 Å². The lowest BCUT2D eigenvalue weighted by atomic mass is 9.95. The van der Waals surface area contributed by atoms with Crippen molar-refractivity contribution < 1.29 is 14.3 Å². The van der Waals surface area contributed by atoms with Gasteiger partial charge in [-0.2, -0.15) is 0 Å². The van der Waals surface area contributed by atoms with Crippen molar-refractivity contribution in [1.82, 2.24) is 4.98 Å². The molecule has 1 aliphatic carbocycles. The maximum absolute atomic E-state index is 12.3. The van der Waals surface area contributed by atoms with E-state index in [9.17, 15) is 9.59 Å². The molecule has 0 bridgehead atoms. The number of methoxy groups -OCH3 is 1. The predicted octanol–water partition coefficient (Wildman–Crippen LogP) is 1.94. The Morgan fingerprint density at radius 2 is 1.71 bits per heavy atom. The fourth-order valence-corrected chi connectivity index (χ4v) is 2.27. The Hall–Kier alpha value is -2.95. The van der Waals surface area contributed by atoms with Crippen molar-refractivity contribution in [3.63, 3.8) is 0 Å². The van der Waals surface area contributed by atoms with Gasteiger partial charge in [-0.05, 0) is 12.1 Å². The summed E-state index contributed by atoms with van der Waals surface area (Å²) in [7, 11) is 1.30. The molecule has 1 aromatic heterocycles. The Balaban J connectivity index is 2.16. The van der Waals surface area contributed by atoms with E-state index in [2.05, 4.69) is 4.98 Å². The number of nitrogens with two attached hydrogens (primary N) is 1. The molecule has 0 atom stereocenters. The smallest absolute Gasteiger partial charge is 0.248 e. The van der Waals surface area contributed by atoms with Crippen LogP contribution in [0, 0.1) is 0 Å². The zero-order valence-electron chi connectivity index (χ0n) is 11.3. The summed E-state index contributed by atoms with van der Waals surface area (Å²) in [6.07, 6.45) is 0. The minimum Gasteiger partial charge on any atom is -0.491 e. The van der Waals surface area contributed by atoms with Crippen LogP contribution >= 0.6 is 0 Å². The standard InChI is InChI=1S/C16H12N2O3/c1-21-16-12(17)14(19)10-7-8-11(18-13(10)15(16)20)9-5-3-2-4-6-9/h2-8H,17H2,1H3. The van der Waals surface area contributed by atoms with E-state index < -0.39 is 11.6 Å². The average molecular weight is 280 g/mol. The van der Waals surface area contributed by atoms with Crippen molar-refractivity contribution >= 4 is 11.6 Å². The topological polar surface area (TPSA) is 82.3 Å². The first-order valence-corrected chi connectivity index (χ1v) is 6.33. The van der Waals surface area contributed by atoms with Crippen LogP contribution in [0.2, 0.25) is 0 Å². The number of rotatable bonds is 2. The van der Waals surface area contributed by atoms with E-state index >= 15 is 0 Å². The molecule has 5 heteroatoms. The molecule has 2 aromatic rings. The van der Waals surface area contributed by atoms with Crippen molar-refractivity contribution in [2.24, 2.45) is 5.73 Å². The summed E-state index contributed by atoms with van der Waals surface area (Å²) < 4.78 is 4.93. The number of hydrogen-bond acceptors (Lipinski definition) is 5. The number of pyridine rings is 1. The lowest BCUT2D eigenvalue weighted by Crippen LogP contribution is -2.28. The molecule has 0 spiro atoms. The second kappa shape index (κ2) is 4.86. The van der Waals surface area contributed by atoms with Crippen molar-refractivity contribution in [3.05, 3.63) is 65.2 Å². The molecule has 1 aromatic carbocycles. The van der Waals surface area contributed by atoms with E-state index in [1.165, 1.54) is 7.11 Å². The van der Waals surface area contributed by atoms with Gasteiger partial charge in [-0.15, -0.1) is 0 Å². The zero-order valence-corrected chi connectivity index (χ0v) is 11.3. The Kier molecular flexibility index (Phi) is 3.02. The first-order valence-electron chi connectivity index (χ1n) is 6.33. The number of Topliss-reactive ketones (excluding diaryl/α,β-unsaturated/α-hetero) is 2. The van der Waals surface area contributed by atoms with Crippen molar-refractivity contribution in [2.75, 3.05) is 7.11 Å². The maximum atomic E-state index is 12.3. The molecule has 0 amide bonds. The van der Waals surface area contributed by atoms with Gasteiger partial charge in [0.2, 0.25) is 11.6 Å². The van der Waals surface area contributed by atoms with Crippen LogP contribution < -0.4 is 5.73 Å². The fraction of sp³-hybridized carbons (Fsp3) is 0.0625. The van der Waals surface area contributed by atoms with Crippen LogP contribution in [0.1, 0.15) is 20.8 Å².